The zero-order valence-corrected chi connectivity index (χ0v) is 14.5. The van der Waals surface area contributed by atoms with E-state index >= 15 is 0 Å². The molecule has 0 bridgehead atoms. The third-order valence-electron chi connectivity index (χ3n) is 3.37. The first-order valence-electron chi connectivity index (χ1n) is 6.52. The van der Waals surface area contributed by atoms with E-state index in [2.05, 4.69) is 67.7 Å². The van der Waals surface area contributed by atoms with Crippen LogP contribution in [0.15, 0.2) is 30.3 Å². The molecule has 1 aliphatic heterocycles. The molecule has 17 heavy (non-hydrogen) atoms. The first-order valence-corrected chi connectivity index (χ1v) is 12.5. The van der Waals surface area contributed by atoms with Gasteiger partial charge in [0.05, 0.1) is 0 Å². The van der Waals surface area contributed by atoms with Crippen molar-refractivity contribution in [3.63, 3.8) is 0 Å². The van der Waals surface area contributed by atoms with Crippen molar-refractivity contribution in [1.29, 1.82) is 0 Å². The van der Waals surface area contributed by atoms with Gasteiger partial charge in [0.1, 0.15) is 0 Å². The molecule has 0 aromatic heterocycles. The van der Waals surface area contributed by atoms with Crippen molar-refractivity contribution in [2.75, 3.05) is 11.5 Å². The van der Waals surface area contributed by atoms with E-state index in [0.29, 0.717) is 2.91 Å². The summed E-state index contributed by atoms with van der Waals surface area (Å²) in [7, 11) is 0. The summed E-state index contributed by atoms with van der Waals surface area (Å²) in [6.45, 7) is 4.83. The summed E-state index contributed by atoms with van der Waals surface area (Å²) in [6, 6.07) is 11.3. The predicted molar refractivity (Wildman–Crippen MR) is 84.4 cm³/mol. The van der Waals surface area contributed by atoms with Crippen LogP contribution >= 0.6 is 23.5 Å². The van der Waals surface area contributed by atoms with Gasteiger partial charge >= 0.3 is 119 Å². The van der Waals surface area contributed by atoms with Crippen molar-refractivity contribution in [1.82, 2.24) is 0 Å². The van der Waals surface area contributed by atoms with Gasteiger partial charge in [-0.05, 0) is 0 Å². The Kier molecular flexibility index (Phi) is 5.37. The molecule has 0 atom stereocenters. The molecule has 0 aliphatic carbocycles. The van der Waals surface area contributed by atoms with Gasteiger partial charge in [-0.15, -0.1) is 0 Å². The first kappa shape index (κ1) is 13.9. The number of thioether (sulfide) groups is 2. The molecule has 1 heterocycles. The molecule has 0 nitrogen and oxygen atoms in total. The molecule has 1 aliphatic rings. The average molecular weight is 326 g/mol. The maximum atomic E-state index is 2.42. The van der Waals surface area contributed by atoms with Gasteiger partial charge in [-0.2, -0.15) is 0 Å². The molecular formula is C14H21GeS2. The first-order chi connectivity index (χ1) is 8.33. The molecule has 0 amide bonds. The zero-order chi connectivity index (χ0) is 12.1. The summed E-state index contributed by atoms with van der Waals surface area (Å²) < 4.78 is 0.489. The van der Waals surface area contributed by atoms with E-state index in [-0.39, 0.29) is 0 Å². The molecular weight excluding hydrogens is 305 g/mol. The van der Waals surface area contributed by atoms with Crippen LogP contribution < -0.4 is 0 Å². The summed E-state index contributed by atoms with van der Waals surface area (Å²) in [5.41, 5.74) is 1.61. The van der Waals surface area contributed by atoms with Crippen LogP contribution in [0.25, 0.3) is 0 Å². The standard InChI is InChI=1S/C14H21GeS2/c1-3-15(4-2)14(16-11-8-12-17-14)13-9-6-5-7-10-13/h5-7,9-10H,3-4,8,11-12H2,1-2H3. The van der Waals surface area contributed by atoms with Crippen LogP contribution in [0.3, 0.4) is 0 Å². The minimum atomic E-state index is -1.01. The molecule has 2 rings (SSSR count). The predicted octanol–water partition coefficient (Wildman–Crippen LogP) is 4.78. The molecule has 1 aromatic rings. The van der Waals surface area contributed by atoms with E-state index in [9.17, 15) is 0 Å². The molecule has 93 valence electrons. The molecule has 0 N–H and O–H groups in total. The molecule has 1 radical (unpaired) electrons. The van der Waals surface area contributed by atoms with E-state index < -0.39 is 14.3 Å². The van der Waals surface area contributed by atoms with Crippen molar-refractivity contribution in [3.8, 4) is 0 Å². The molecule has 1 aromatic carbocycles. The molecule has 0 unspecified atom stereocenters. The Balaban J connectivity index is 2.35. The van der Waals surface area contributed by atoms with Gasteiger partial charge in [0, 0.05) is 0 Å². The van der Waals surface area contributed by atoms with Gasteiger partial charge in [0.15, 0.2) is 0 Å². The monoisotopic (exact) mass is 327 g/mol. The Bertz CT molecular complexity index is 329. The minimum absolute atomic E-state index is 0.489. The van der Waals surface area contributed by atoms with Gasteiger partial charge in [-0.1, -0.05) is 0 Å². The van der Waals surface area contributed by atoms with Crippen LogP contribution in [0.5, 0.6) is 0 Å². The van der Waals surface area contributed by atoms with Gasteiger partial charge in [0.2, 0.25) is 0 Å². The van der Waals surface area contributed by atoms with Crippen LogP contribution in [-0.4, -0.2) is 25.9 Å². The summed E-state index contributed by atoms with van der Waals surface area (Å²) in [5.74, 6) is 2.72. The molecule has 0 spiro atoms. The third-order valence-corrected chi connectivity index (χ3v) is 17.3. The van der Waals surface area contributed by atoms with E-state index in [1.165, 1.54) is 28.4 Å². The van der Waals surface area contributed by atoms with Crippen molar-refractivity contribution >= 4 is 37.9 Å². The fraction of sp³-hybridized carbons (Fsp3) is 0.571. The second kappa shape index (κ2) is 6.58. The molecule has 1 saturated heterocycles. The van der Waals surface area contributed by atoms with Gasteiger partial charge < -0.3 is 0 Å². The number of hydrogen-bond acceptors (Lipinski definition) is 2. The van der Waals surface area contributed by atoms with Crippen molar-refractivity contribution in [2.24, 2.45) is 0 Å². The summed E-state index contributed by atoms with van der Waals surface area (Å²) in [6.07, 6.45) is 1.39. The topological polar surface area (TPSA) is 0 Å². The number of rotatable bonds is 4. The number of benzene rings is 1. The van der Waals surface area contributed by atoms with Gasteiger partial charge in [-0.3, -0.25) is 0 Å². The molecule has 0 saturated carbocycles. The van der Waals surface area contributed by atoms with Crippen LogP contribution in [0.4, 0.5) is 0 Å². The Morgan fingerprint density at radius 1 is 1.06 bits per heavy atom. The quantitative estimate of drug-likeness (QED) is 0.730. The van der Waals surface area contributed by atoms with E-state index in [1.54, 1.807) is 5.56 Å². The molecule has 3 heteroatoms. The second-order valence-corrected chi connectivity index (χ2v) is 15.8. The van der Waals surface area contributed by atoms with Crippen molar-refractivity contribution in [3.05, 3.63) is 35.9 Å². The van der Waals surface area contributed by atoms with E-state index in [1.807, 2.05) is 0 Å². The second-order valence-electron chi connectivity index (χ2n) is 4.34. The Morgan fingerprint density at radius 3 is 2.18 bits per heavy atom. The van der Waals surface area contributed by atoms with Crippen molar-refractivity contribution < 1.29 is 0 Å². The van der Waals surface area contributed by atoms with E-state index in [0.717, 1.165) is 0 Å². The summed E-state index contributed by atoms with van der Waals surface area (Å²) in [4.78, 5) is 0. The average Bonchev–Trinajstić information content (AvgIpc) is 2.42. The summed E-state index contributed by atoms with van der Waals surface area (Å²) >= 11 is 3.51. The zero-order valence-electron chi connectivity index (χ0n) is 10.7. The SMILES string of the molecule is C[CH2][Ge]([CH2]C)[C]1(c2ccccc2)SCCCS1. The molecule has 1 fully saturated rings. The number of hydrogen-bond donors (Lipinski definition) is 0. The van der Waals surface area contributed by atoms with Crippen LogP contribution in [0.2, 0.25) is 10.5 Å². The van der Waals surface area contributed by atoms with Gasteiger partial charge in [0.25, 0.3) is 0 Å². The van der Waals surface area contributed by atoms with Crippen LogP contribution in [0.1, 0.15) is 25.8 Å². The Hall–Kier alpha value is 0.463. The van der Waals surface area contributed by atoms with Crippen LogP contribution in [-0.2, 0) is 2.91 Å². The normalized spacial score (nSPS) is 19.5. The van der Waals surface area contributed by atoms with Crippen LogP contribution in [0, 0.1) is 0 Å². The van der Waals surface area contributed by atoms with E-state index in [4.69, 9.17) is 0 Å². The maximum absolute atomic E-state index is 2.42. The third kappa shape index (κ3) is 2.90. The Labute approximate surface area is 118 Å². The Morgan fingerprint density at radius 2 is 1.65 bits per heavy atom. The summed E-state index contributed by atoms with van der Waals surface area (Å²) in [5, 5.41) is 2.90. The van der Waals surface area contributed by atoms with Crippen molar-refractivity contribution in [2.45, 2.75) is 33.7 Å². The fourth-order valence-electron chi connectivity index (χ4n) is 2.48. The fourth-order valence-corrected chi connectivity index (χ4v) is 16.7. The van der Waals surface area contributed by atoms with Gasteiger partial charge in [-0.25, -0.2) is 0 Å².